The van der Waals surface area contributed by atoms with Crippen molar-refractivity contribution in [2.45, 2.75) is 6.61 Å². The number of nitro groups is 1. The molecule has 1 aromatic heterocycles. The van der Waals surface area contributed by atoms with Gasteiger partial charge in [-0.3, -0.25) is 24.0 Å². The molecule has 0 unspecified atom stereocenters. The Bertz CT molecular complexity index is 856. The van der Waals surface area contributed by atoms with E-state index < -0.39 is 27.7 Å². The third-order valence-corrected chi connectivity index (χ3v) is 3.13. The van der Waals surface area contributed by atoms with Gasteiger partial charge in [-0.2, -0.15) is 0 Å². The Morgan fingerprint density at radius 2 is 1.91 bits per heavy atom. The number of rotatable bonds is 4. The van der Waals surface area contributed by atoms with E-state index in [1.54, 1.807) is 0 Å². The van der Waals surface area contributed by atoms with Gasteiger partial charge in [0.05, 0.1) is 16.7 Å². The Labute approximate surface area is 123 Å². The molecule has 0 saturated carbocycles. The van der Waals surface area contributed by atoms with Crippen LogP contribution in [0.25, 0.3) is 0 Å². The average molecular weight is 309 g/mol. The molecular formula is C13H12FN3O5. The molecule has 0 aliphatic heterocycles. The summed E-state index contributed by atoms with van der Waals surface area (Å²) in [5, 5.41) is 10.5. The number of benzene rings is 1. The van der Waals surface area contributed by atoms with Crippen LogP contribution in [0, 0.1) is 15.9 Å². The largest absolute Gasteiger partial charge is 0.484 e. The maximum absolute atomic E-state index is 13.7. The monoisotopic (exact) mass is 309 g/mol. The van der Waals surface area contributed by atoms with Crippen molar-refractivity contribution in [2.75, 3.05) is 0 Å². The summed E-state index contributed by atoms with van der Waals surface area (Å²) in [5.41, 5.74) is -1.18. The van der Waals surface area contributed by atoms with E-state index >= 15 is 0 Å². The Morgan fingerprint density at radius 3 is 2.50 bits per heavy atom. The fourth-order valence-electron chi connectivity index (χ4n) is 1.79. The summed E-state index contributed by atoms with van der Waals surface area (Å²) in [7, 11) is 2.79. The predicted octanol–water partition coefficient (Wildman–Crippen LogP) is 0.710. The molecule has 22 heavy (non-hydrogen) atoms. The molecule has 2 aromatic rings. The zero-order valence-corrected chi connectivity index (χ0v) is 11.8. The predicted molar refractivity (Wildman–Crippen MR) is 74.3 cm³/mol. The van der Waals surface area contributed by atoms with Gasteiger partial charge in [0.1, 0.15) is 6.61 Å². The molecule has 0 bridgehead atoms. The number of aromatic nitrogens is 2. The number of hydrogen-bond acceptors (Lipinski definition) is 5. The van der Waals surface area contributed by atoms with E-state index in [0.29, 0.717) is 0 Å². The van der Waals surface area contributed by atoms with Crippen molar-refractivity contribution < 1.29 is 14.1 Å². The fourth-order valence-corrected chi connectivity index (χ4v) is 1.79. The van der Waals surface area contributed by atoms with Gasteiger partial charge in [-0.25, -0.2) is 9.18 Å². The van der Waals surface area contributed by atoms with Crippen LogP contribution in [0.15, 0.2) is 33.9 Å². The van der Waals surface area contributed by atoms with Crippen LogP contribution in [0.2, 0.25) is 0 Å². The molecule has 9 heteroatoms. The second-order valence-electron chi connectivity index (χ2n) is 4.54. The Balaban J connectivity index is 2.26. The van der Waals surface area contributed by atoms with Gasteiger partial charge in [0, 0.05) is 26.2 Å². The third kappa shape index (κ3) is 2.87. The first kappa shape index (κ1) is 15.4. The van der Waals surface area contributed by atoms with E-state index in [9.17, 15) is 24.1 Å². The van der Waals surface area contributed by atoms with Gasteiger partial charge >= 0.3 is 5.69 Å². The number of hydrogen-bond donors (Lipinski definition) is 0. The molecule has 0 spiro atoms. The lowest BCUT2D eigenvalue weighted by atomic mass is 10.3. The van der Waals surface area contributed by atoms with Gasteiger partial charge in [0.2, 0.25) is 0 Å². The molecule has 1 aromatic carbocycles. The standard InChI is InChI=1S/C13H12FN3O5/c1-15-9(6-12(18)16(2)13(15)19)7-22-11-4-3-8(17(20)21)5-10(11)14/h3-6H,7H2,1-2H3. The highest BCUT2D eigenvalue weighted by molar-refractivity contribution is 5.37. The Hall–Kier alpha value is -2.97. The molecule has 2 rings (SSSR count). The molecule has 0 atom stereocenters. The number of nitrogens with zero attached hydrogens (tertiary/aromatic N) is 3. The normalized spacial score (nSPS) is 10.5. The van der Waals surface area contributed by atoms with Crippen LogP contribution < -0.4 is 16.0 Å². The summed E-state index contributed by atoms with van der Waals surface area (Å²) >= 11 is 0. The van der Waals surface area contributed by atoms with E-state index in [-0.39, 0.29) is 18.1 Å². The van der Waals surface area contributed by atoms with E-state index in [1.807, 2.05) is 0 Å². The summed E-state index contributed by atoms with van der Waals surface area (Å²) in [5.74, 6) is -1.11. The molecule has 1 heterocycles. The minimum atomic E-state index is -0.900. The van der Waals surface area contributed by atoms with Crippen LogP contribution in [0.3, 0.4) is 0 Å². The lowest BCUT2D eigenvalue weighted by molar-refractivity contribution is -0.385. The van der Waals surface area contributed by atoms with Crippen molar-refractivity contribution in [3.63, 3.8) is 0 Å². The quantitative estimate of drug-likeness (QED) is 0.612. The highest BCUT2D eigenvalue weighted by Gasteiger charge is 2.13. The fraction of sp³-hybridized carbons (Fsp3) is 0.231. The topological polar surface area (TPSA) is 96.4 Å². The van der Waals surface area contributed by atoms with Crippen molar-refractivity contribution in [1.29, 1.82) is 0 Å². The van der Waals surface area contributed by atoms with Gasteiger partial charge in [-0.1, -0.05) is 0 Å². The van der Waals surface area contributed by atoms with Crippen molar-refractivity contribution in [1.82, 2.24) is 9.13 Å². The second kappa shape index (κ2) is 5.80. The average Bonchev–Trinajstić information content (AvgIpc) is 2.48. The molecule has 0 N–H and O–H groups in total. The highest BCUT2D eigenvalue weighted by Crippen LogP contribution is 2.23. The summed E-state index contributed by atoms with van der Waals surface area (Å²) in [4.78, 5) is 33.1. The third-order valence-electron chi connectivity index (χ3n) is 3.13. The number of non-ortho nitro benzene ring substituents is 1. The maximum Gasteiger partial charge on any atom is 0.330 e. The number of nitro benzene ring substituents is 1. The molecule has 0 amide bonds. The van der Waals surface area contributed by atoms with Crippen LogP contribution in [0.1, 0.15) is 5.69 Å². The summed E-state index contributed by atoms with van der Waals surface area (Å²) < 4.78 is 21.0. The first-order chi connectivity index (χ1) is 10.3. The Morgan fingerprint density at radius 1 is 1.23 bits per heavy atom. The van der Waals surface area contributed by atoms with Crippen LogP contribution in [0.5, 0.6) is 5.75 Å². The van der Waals surface area contributed by atoms with Crippen molar-refractivity contribution in [2.24, 2.45) is 14.1 Å². The summed E-state index contributed by atoms with van der Waals surface area (Å²) in [6.45, 7) is -0.226. The lowest BCUT2D eigenvalue weighted by Crippen LogP contribution is -2.38. The van der Waals surface area contributed by atoms with Crippen molar-refractivity contribution in [3.05, 3.63) is 66.7 Å². The molecule has 0 saturated heterocycles. The zero-order chi connectivity index (χ0) is 16.4. The van der Waals surface area contributed by atoms with Gasteiger partial charge in [-0.05, 0) is 6.07 Å². The zero-order valence-electron chi connectivity index (χ0n) is 11.8. The SMILES string of the molecule is Cn1c(COc2ccc([N+](=O)[O-])cc2F)cc(=O)n(C)c1=O. The molecule has 0 aliphatic rings. The second-order valence-corrected chi connectivity index (χ2v) is 4.54. The maximum atomic E-state index is 13.7. The van der Waals surface area contributed by atoms with Crippen LogP contribution >= 0.6 is 0 Å². The minimum absolute atomic E-state index is 0.210. The Kier molecular flexibility index (Phi) is 4.06. The highest BCUT2D eigenvalue weighted by atomic mass is 19.1. The van der Waals surface area contributed by atoms with E-state index in [4.69, 9.17) is 4.74 Å². The van der Waals surface area contributed by atoms with Crippen molar-refractivity contribution >= 4 is 5.69 Å². The van der Waals surface area contributed by atoms with Crippen LogP contribution in [0.4, 0.5) is 10.1 Å². The first-order valence-corrected chi connectivity index (χ1v) is 6.14. The molecule has 0 aliphatic carbocycles. The first-order valence-electron chi connectivity index (χ1n) is 6.14. The van der Waals surface area contributed by atoms with Gasteiger partial charge in [-0.15, -0.1) is 0 Å². The lowest BCUT2D eigenvalue weighted by Gasteiger charge is -2.11. The molecular weight excluding hydrogens is 297 g/mol. The summed E-state index contributed by atoms with van der Waals surface area (Å²) in [6.07, 6.45) is 0. The van der Waals surface area contributed by atoms with E-state index in [2.05, 4.69) is 0 Å². The number of ether oxygens (including phenoxy) is 1. The van der Waals surface area contributed by atoms with Crippen LogP contribution in [-0.2, 0) is 20.7 Å². The molecule has 0 fully saturated rings. The molecule has 116 valence electrons. The van der Waals surface area contributed by atoms with Crippen LogP contribution in [-0.4, -0.2) is 14.1 Å². The van der Waals surface area contributed by atoms with Gasteiger partial charge < -0.3 is 4.74 Å². The minimum Gasteiger partial charge on any atom is -0.484 e. The smallest absolute Gasteiger partial charge is 0.330 e. The summed E-state index contributed by atoms with van der Waals surface area (Å²) in [6, 6.07) is 4.15. The van der Waals surface area contributed by atoms with Gasteiger partial charge in [0.25, 0.3) is 11.2 Å². The van der Waals surface area contributed by atoms with Gasteiger partial charge in [0.15, 0.2) is 11.6 Å². The number of halogens is 1. The van der Waals surface area contributed by atoms with E-state index in [0.717, 1.165) is 22.8 Å². The van der Waals surface area contributed by atoms with E-state index in [1.165, 1.54) is 24.7 Å². The van der Waals surface area contributed by atoms with Crippen molar-refractivity contribution in [3.8, 4) is 5.75 Å². The molecule has 0 radical (unpaired) electrons. The molecule has 8 nitrogen and oxygen atoms in total.